The zero-order valence-corrected chi connectivity index (χ0v) is 12.1. The monoisotopic (exact) mass is 263 g/mol. The number of benzene rings is 1. The molecule has 1 aliphatic heterocycles. The fourth-order valence-corrected chi connectivity index (χ4v) is 2.91. The van der Waals surface area contributed by atoms with E-state index in [4.69, 9.17) is 0 Å². The summed E-state index contributed by atoms with van der Waals surface area (Å²) in [7, 11) is 6.14. The number of hydrogen-bond donors (Lipinski definition) is 2. The van der Waals surface area contributed by atoms with Crippen LogP contribution >= 0.6 is 0 Å². The van der Waals surface area contributed by atoms with E-state index in [0.29, 0.717) is 6.04 Å². The Bertz CT molecular complexity index is 408. The molecule has 2 rings (SSSR count). The maximum atomic E-state index is 9.99. The van der Waals surface area contributed by atoms with Gasteiger partial charge in [0, 0.05) is 31.4 Å². The number of likely N-dealkylation sites (N-methyl/N-ethyl adjacent to an activating group) is 1. The molecule has 4 nitrogen and oxygen atoms in total. The topological polar surface area (TPSA) is 38.7 Å². The Morgan fingerprint density at radius 3 is 2.79 bits per heavy atom. The number of nitrogens with zero attached hydrogens (tertiary/aromatic N) is 2. The lowest BCUT2D eigenvalue weighted by Gasteiger charge is -2.30. The second-order valence-corrected chi connectivity index (χ2v) is 5.62. The van der Waals surface area contributed by atoms with Gasteiger partial charge in [0.1, 0.15) is 0 Å². The first-order valence-electron chi connectivity index (χ1n) is 6.93. The molecule has 0 amide bonds. The van der Waals surface area contributed by atoms with Gasteiger partial charge < -0.3 is 20.2 Å². The van der Waals surface area contributed by atoms with Gasteiger partial charge in [-0.25, -0.2) is 0 Å². The van der Waals surface area contributed by atoms with Gasteiger partial charge in [0.05, 0.1) is 6.10 Å². The van der Waals surface area contributed by atoms with Gasteiger partial charge >= 0.3 is 0 Å². The maximum Gasteiger partial charge on any atom is 0.0735 e. The van der Waals surface area contributed by atoms with Crippen molar-refractivity contribution in [1.82, 2.24) is 10.2 Å². The molecule has 1 heterocycles. The normalized spacial score (nSPS) is 23.3. The SMILES string of the molecule is CNCc1ccccc1N1CC(O)CC1CN(C)C. The summed E-state index contributed by atoms with van der Waals surface area (Å²) in [5.74, 6) is 0. The van der Waals surface area contributed by atoms with Crippen LogP contribution in [0.2, 0.25) is 0 Å². The fraction of sp³-hybridized carbons (Fsp3) is 0.600. The molecule has 1 aliphatic rings. The van der Waals surface area contributed by atoms with Gasteiger partial charge in [-0.05, 0) is 39.2 Å². The second-order valence-electron chi connectivity index (χ2n) is 5.62. The highest BCUT2D eigenvalue weighted by Gasteiger charge is 2.32. The number of nitrogens with one attached hydrogen (secondary N) is 1. The zero-order valence-electron chi connectivity index (χ0n) is 12.1. The summed E-state index contributed by atoms with van der Waals surface area (Å²) in [5, 5.41) is 13.2. The highest BCUT2D eigenvalue weighted by molar-refractivity contribution is 5.55. The summed E-state index contributed by atoms with van der Waals surface area (Å²) >= 11 is 0. The average molecular weight is 263 g/mol. The number of aliphatic hydroxyl groups excluding tert-OH is 1. The van der Waals surface area contributed by atoms with Crippen LogP contribution in [0.1, 0.15) is 12.0 Å². The van der Waals surface area contributed by atoms with Crippen molar-refractivity contribution in [3.63, 3.8) is 0 Å². The molecule has 0 aromatic heterocycles. The Balaban J connectivity index is 2.23. The molecule has 19 heavy (non-hydrogen) atoms. The number of aliphatic hydroxyl groups is 1. The van der Waals surface area contributed by atoms with E-state index in [2.05, 4.69) is 53.5 Å². The first-order valence-corrected chi connectivity index (χ1v) is 6.93. The zero-order chi connectivity index (χ0) is 13.8. The van der Waals surface area contributed by atoms with Crippen molar-refractivity contribution in [1.29, 1.82) is 0 Å². The third-order valence-electron chi connectivity index (χ3n) is 3.64. The van der Waals surface area contributed by atoms with Gasteiger partial charge in [-0.15, -0.1) is 0 Å². The molecule has 0 bridgehead atoms. The molecule has 1 aromatic carbocycles. The van der Waals surface area contributed by atoms with Crippen LogP contribution < -0.4 is 10.2 Å². The molecule has 1 aromatic rings. The molecule has 4 heteroatoms. The number of para-hydroxylation sites is 1. The smallest absolute Gasteiger partial charge is 0.0735 e. The Labute approximate surface area is 116 Å². The van der Waals surface area contributed by atoms with Crippen molar-refractivity contribution >= 4 is 5.69 Å². The van der Waals surface area contributed by atoms with Gasteiger partial charge in [0.25, 0.3) is 0 Å². The van der Waals surface area contributed by atoms with Crippen molar-refractivity contribution in [2.45, 2.75) is 25.1 Å². The summed E-state index contributed by atoms with van der Waals surface area (Å²) < 4.78 is 0. The summed E-state index contributed by atoms with van der Waals surface area (Å²) in [6, 6.07) is 8.86. The molecule has 106 valence electrons. The molecule has 2 N–H and O–H groups in total. The quantitative estimate of drug-likeness (QED) is 0.828. The van der Waals surface area contributed by atoms with E-state index in [1.54, 1.807) is 0 Å². The molecule has 0 spiro atoms. The van der Waals surface area contributed by atoms with Crippen molar-refractivity contribution in [3.8, 4) is 0 Å². The minimum atomic E-state index is -0.215. The van der Waals surface area contributed by atoms with E-state index in [1.807, 2.05) is 7.05 Å². The summed E-state index contributed by atoms with van der Waals surface area (Å²) in [5.41, 5.74) is 2.54. The molecule has 0 saturated carbocycles. The minimum absolute atomic E-state index is 0.215. The Morgan fingerprint density at radius 1 is 1.37 bits per heavy atom. The first kappa shape index (κ1) is 14.3. The number of β-amino-alcohol motifs (C(OH)–C–C–N with tert-alkyl or cyclic N) is 1. The Hall–Kier alpha value is -1.10. The fourth-order valence-electron chi connectivity index (χ4n) is 2.91. The lowest BCUT2D eigenvalue weighted by Crippen LogP contribution is -2.38. The third kappa shape index (κ3) is 3.47. The molecule has 1 fully saturated rings. The van der Waals surface area contributed by atoms with Crippen LogP contribution in [-0.2, 0) is 6.54 Å². The largest absolute Gasteiger partial charge is 0.391 e. The standard InChI is InChI=1S/C15H25N3O/c1-16-9-12-6-4-5-7-15(12)18-11-14(19)8-13(18)10-17(2)3/h4-7,13-14,16,19H,8-11H2,1-3H3. The average Bonchev–Trinajstić information content (AvgIpc) is 2.70. The molecule has 2 atom stereocenters. The third-order valence-corrected chi connectivity index (χ3v) is 3.64. The summed E-state index contributed by atoms with van der Waals surface area (Å²) in [6.07, 6.45) is 0.638. The Morgan fingerprint density at radius 2 is 2.11 bits per heavy atom. The number of rotatable bonds is 5. The Kier molecular flexibility index (Phi) is 4.80. The lowest BCUT2D eigenvalue weighted by molar-refractivity contribution is 0.191. The molecular formula is C15H25N3O. The second kappa shape index (κ2) is 6.37. The van der Waals surface area contributed by atoms with E-state index in [0.717, 1.165) is 26.1 Å². The van der Waals surface area contributed by atoms with Crippen LogP contribution in [0.3, 0.4) is 0 Å². The number of hydrogen-bond acceptors (Lipinski definition) is 4. The van der Waals surface area contributed by atoms with Gasteiger partial charge in [0.2, 0.25) is 0 Å². The van der Waals surface area contributed by atoms with Gasteiger partial charge in [-0.2, -0.15) is 0 Å². The van der Waals surface area contributed by atoms with E-state index >= 15 is 0 Å². The minimum Gasteiger partial charge on any atom is -0.391 e. The molecule has 1 saturated heterocycles. The predicted octanol–water partition coefficient (Wildman–Crippen LogP) is 0.907. The molecule has 2 unspecified atom stereocenters. The summed E-state index contributed by atoms with van der Waals surface area (Å²) in [4.78, 5) is 4.55. The van der Waals surface area contributed by atoms with E-state index in [-0.39, 0.29) is 6.10 Å². The van der Waals surface area contributed by atoms with Crippen LogP contribution in [0.5, 0.6) is 0 Å². The van der Waals surface area contributed by atoms with E-state index in [1.165, 1.54) is 11.3 Å². The predicted molar refractivity (Wildman–Crippen MR) is 79.5 cm³/mol. The van der Waals surface area contributed by atoms with Crippen molar-refractivity contribution in [3.05, 3.63) is 29.8 Å². The maximum absolute atomic E-state index is 9.99. The lowest BCUT2D eigenvalue weighted by atomic mass is 10.1. The van der Waals surface area contributed by atoms with Crippen LogP contribution in [0.4, 0.5) is 5.69 Å². The molecule has 0 radical (unpaired) electrons. The summed E-state index contributed by atoms with van der Waals surface area (Å²) in [6.45, 7) is 2.57. The van der Waals surface area contributed by atoms with Crippen molar-refractivity contribution in [2.24, 2.45) is 0 Å². The van der Waals surface area contributed by atoms with E-state index < -0.39 is 0 Å². The number of anilines is 1. The van der Waals surface area contributed by atoms with Crippen molar-refractivity contribution in [2.75, 3.05) is 39.1 Å². The van der Waals surface area contributed by atoms with Gasteiger partial charge in [-0.3, -0.25) is 0 Å². The molecular weight excluding hydrogens is 238 g/mol. The van der Waals surface area contributed by atoms with Crippen LogP contribution in [0.15, 0.2) is 24.3 Å². The highest BCUT2D eigenvalue weighted by Crippen LogP contribution is 2.29. The van der Waals surface area contributed by atoms with E-state index in [9.17, 15) is 5.11 Å². The first-order chi connectivity index (χ1) is 9.11. The highest BCUT2D eigenvalue weighted by atomic mass is 16.3. The van der Waals surface area contributed by atoms with Crippen LogP contribution in [0.25, 0.3) is 0 Å². The van der Waals surface area contributed by atoms with Crippen LogP contribution in [0, 0.1) is 0 Å². The van der Waals surface area contributed by atoms with Gasteiger partial charge in [-0.1, -0.05) is 18.2 Å². The van der Waals surface area contributed by atoms with Crippen molar-refractivity contribution < 1.29 is 5.11 Å². The van der Waals surface area contributed by atoms with Gasteiger partial charge in [0.15, 0.2) is 0 Å². The molecule has 0 aliphatic carbocycles. The van der Waals surface area contributed by atoms with Crippen LogP contribution in [-0.4, -0.2) is 56.4 Å².